The summed E-state index contributed by atoms with van der Waals surface area (Å²) >= 11 is 0. The first kappa shape index (κ1) is 7.15. The number of nitrogens with zero attached hydrogens (tertiary/aromatic N) is 2. The van der Waals surface area contributed by atoms with Crippen LogP contribution in [0.5, 0.6) is 0 Å². The highest BCUT2D eigenvalue weighted by Crippen LogP contribution is 2.07. The molecular formula is C7H12N2O. The molecule has 0 atom stereocenters. The Labute approximate surface area is 61.1 Å². The Kier molecular flexibility index (Phi) is 1.97. The topological polar surface area (TPSA) is 15.7 Å². The summed E-state index contributed by atoms with van der Waals surface area (Å²) in [6.07, 6.45) is 3.88. The van der Waals surface area contributed by atoms with E-state index in [2.05, 4.69) is 6.58 Å². The predicted octanol–water partition coefficient (Wildman–Crippen LogP) is 0.780. The molecule has 0 aromatic heterocycles. The van der Waals surface area contributed by atoms with Crippen LogP contribution in [-0.4, -0.2) is 30.7 Å². The van der Waals surface area contributed by atoms with Gasteiger partial charge in [0.2, 0.25) is 0 Å². The van der Waals surface area contributed by atoms with Crippen LogP contribution in [0.15, 0.2) is 24.7 Å². The second-order valence-corrected chi connectivity index (χ2v) is 2.21. The Morgan fingerprint density at radius 2 is 2.30 bits per heavy atom. The molecule has 0 unspecified atom stereocenters. The second-order valence-electron chi connectivity index (χ2n) is 2.21. The Bertz CT molecular complexity index is 165. The number of rotatable bonds is 0. The predicted molar refractivity (Wildman–Crippen MR) is 39.8 cm³/mol. The van der Waals surface area contributed by atoms with Crippen molar-refractivity contribution in [1.82, 2.24) is 9.96 Å². The van der Waals surface area contributed by atoms with Gasteiger partial charge in [0.25, 0.3) is 0 Å². The van der Waals surface area contributed by atoms with Gasteiger partial charge in [-0.05, 0) is 6.08 Å². The Balaban J connectivity index is 2.67. The van der Waals surface area contributed by atoms with Crippen molar-refractivity contribution in [1.29, 1.82) is 0 Å². The first-order chi connectivity index (χ1) is 4.72. The molecule has 1 aliphatic heterocycles. The van der Waals surface area contributed by atoms with Crippen molar-refractivity contribution < 1.29 is 4.84 Å². The fraction of sp³-hybridized carbons (Fsp3) is 0.429. The van der Waals surface area contributed by atoms with Gasteiger partial charge in [-0.15, -0.1) is 0 Å². The van der Waals surface area contributed by atoms with Crippen LogP contribution in [-0.2, 0) is 4.84 Å². The van der Waals surface area contributed by atoms with E-state index in [1.165, 1.54) is 0 Å². The Morgan fingerprint density at radius 1 is 1.60 bits per heavy atom. The first-order valence-corrected chi connectivity index (χ1v) is 3.17. The molecule has 10 heavy (non-hydrogen) atoms. The zero-order valence-electron chi connectivity index (χ0n) is 6.37. The lowest BCUT2D eigenvalue weighted by atomic mass is 10.6. The smallest absolute Gasteiger partial charge is 0.125 e. The van der Waals surface area contributed by atoms with Crippen LogP contribution in [0.2, 0.25) is 0 Å². The molecule has 3 nitrogen and oxygen atoms in total. The lowest BCUT2D eigenvalue weighted by Gasteiger charge is -2.23. The van der Waals surface area contributed by atoms with Gasteiger partial charge >= 0.3 is 0 Å². The van der Waals surface area contributed by atoms with Crippen LogP contribution >= 0.6 is 0 Å². The molecule has 0 aromatic rings. The summed E-state index contributed by atoms with van der Waals surface area (Å²) in [5, 5.41) is 1.65. The molecule has 56 valence electrons. The maximum absolute atomic E-state index is 5.19. The third-order valence-corrected chi connectivity index (χ3v) is 1.46. The molecule has 0 saturated carbocycles. The van der Waals surface area contributed by atoms with Crippen molar-refractivity contribution in [3.05, 3.63) is 24.7 Å². The highest BCUT2D eigenvalue weighted by molar-refractivity contribution is 4.97. The van der Waals surface area contributed by atoms with Gasteiger partial charge in [-0.1, -0.05) is 6.58 Å². The molecule has 0 aliphatic carbocycles. The summed E-state index contributed by atoms with van der Waals surface area (Å²) < 4.78 is 0. The molecule has 0 fully saturated rings. The lowest BCUT2D eigenvalue weighted by Crippen LogP contribution is -2.24. The zero-order valence-corrected chi connectivity index (χ0v) is 6.37. The monoisotopic (exact) mass is 140 g/mol. The number of hydrogen-bond donors (Lipinski definition) is 0. The second kappa shape index (κ2) is 2.75. The molecule has 1 aliphatic rings. The summed E-state index contributed by atoms with van der Waals surface area (Å²) in [7, 11) is 3.77. The lowest BCUT2D eigenvalue weighted by molar-refractivity contribution is -0.107. The molecule has 1 rings (SSSR count). The quantitative estimate of drug-likeness (QED) is 0.494. The highest BCUT2D eigenvalue weighted by Gasteiger charge is 2.07. The Hall–Kier alpha value is -0.960. The van der Waals surface area contributed by atoms with E-state index in [1.54, 1.807) is 5.06 Å². The van der Waals surface area contributed by atoms with Crippen LogP contribution in [0.1, 0.15) is 0 Å². The van der Waals surface area contributed by atoms with E-state index < -0.39 is 0 Å². The third-order valence-electron chi connectivity index (χ3n) is 1.46. The van der Waals surface area contributed by atoms with Crippen molar-refractivity contribution in [3.8, 4) is 0 Å². The van der Waals surface area contributed by atoms with Crippen LogP contribution in [0.3, 0.4) is 0 Å². The molecular weight excluding hydrogens is 128 g/mol. The van der Waals surface area contributed by atoms with E-state index in [-0.39, 0.29) is 0 Å². The van der Waals surface area contributed by atoms with E-state index in [4.69, 9.17) is 4.84 Å². The van der Waals surface area contributed by atoms with Gasteiger partial charge in [0.1, 0.15) is 5.82 Å². The van der Waals surface area contributed by atoms with E-state index in [0.717, 1.165) is 5.82 Å². The average Bonchev–Trinajstić information content (AvgIpc) is 2.04. The largest absolute Gasteiger partial charge is 0.337 e. The molecule has 1 heterocycles. The molecule has 0 spiro atoms. The molecule has 3 heteroatoms. The van der Waals surface area contributed by atoms with Crippen molar-refractivity contribution >= 4 is 0 Å². The molecule has 0 aromatic carbocycles. The summed E-state index contributed by atoms with van der Waals surface area (Å²) in [5.41, 5.74) is 0. The van der Waals surface area contributed by atoms with E-state index in [1.807, 2.05) is 31.3 Å². The molecule has 0 N–H and O–H groups in total. The average molecular weight is 140 g/mol. The minimum atomic E-state index is 0.611. The van der Waals surface area contributed by atoms with E-state index in [9.17, 15) is 0 Å². The fourth-order valence-electron chi connectivity index (χ4n) is 0.739. The van der Waals surface area contributed by atoms with Crippen molar-refractivity contribution in [2.24, 2.45) is 0 Å². The fourth-order valence-corrected chi connectivity index (χ4v) is 0.739. The van der Waals surface area contributed by atoms with Crippen LogP contribution in [0.4, 0.5) is 0 Å². The van der Waals surface area contributed by atoms with Gasteiger partial charge in [-0.3, -0.25) is 4.84 Å². The summed E-state index contributed by atoms with van der Waals surface area (Å²) in [6.45, 7) is 4.42. The summed E-state index contributed by atoms with van der Waals surface area (Å²) in [4.78, 5) is 7.10. The summed E-state index contributed by atoms with van der Waals surface area (Å²) in [5.74, 6) is 0.841. The van der Waals surface area contributed by atoms with Crippen LogP contribution in [0, 0.1) is 0 Å². The maximum Gasteiger partial charge on any atom is 0.125 e. The number of hydrogen-bond acceptors (Lipinski definition) is 3. The van der Waals surface area contributed by atoms with Gasteiger partial charge in [0, 0.05) is 20.3 Å². The normalized spacial score (nSPS) is 19.6. The van der Waals surface area contributed by atoms with Crippen LogP contribution in [0.25, 0.3) is 0 Å². The van der Waals surface area contributed by atoms with Gasteiger partial charge in [-0.2, -0.15) is 0 Å². The van der Waals surface area contributed by atoms with Crippen molar-refractivity contribution in [3.63, 3.8) is 0 Å². The Morgan fingerprint density at radius 3 is 3.00 bits per heavy atom. The van der Waals surface area contributed by atoms with Crippen molar-refractivity contribution in [2.45, 2.75) is 0 Å². The van der Waals surface area contributed by atoms with E-state index >= 15 is 0 Å². The van der Waals surface area contributed by atoms with Crippen LogP contribution < -0.4 is 0 Å². The minimum Gasteiger partial charge on any atom is -0.337 e. The molecule has 0 radical (unpaired) electrons. The van der Waals surface area contributed by atoms with Crippen molar-refractivity contribution in [2.75, 3.05) is 20.7 Å². The van der Waals surface area contributed by atoms with Gasteiger partial charge in [0.15, 0.2) is 0 Å². The molecule has 0 bridgehead atoms. The summed E-state index contributed by atoms with van der Waals surface area (Å²) in [6, 6.07) is 0. The molecule has 0 amide bonds. The minimum absolute atomic E-state index is 0.611. The number of hydroxylamine groups is 2. The van der Waals surface area contributed by atoms with Gasteiger partial charge in [0.05, 0.1) is 6.61 Å². The maximum atomic E-state index is 5.19. The standard InChI is InChI=1S/C7H12N2O/c1-7-8(2)5-4-6-10-9(7)3/h4-5H,1,6H2,2-3H3. The SMILES string of the molecule is C=C1N(C)C=CCON1C. The van der Waals surface area contributed by atoms with Gasteiger partial charge in [-0.25, -0.2) is 5.06 Å². The third kappa shape index (κ3) is 1.30. The zero-order chi connectivity index (χ0) is 7.56. The van der Waals surface area contributed by atoms with Gasteiger partial charge < -0.3 is 4.90 Å². The van der Waals surface area contributed by atoms with E-state index in [0.29, 0.717) is 6.61 Å². The first-order valence-electron chi connectivity index (χ1n) is 3.17. The molecule has 0 saturated heterocycles. The highest BCUT2D eigenvalue weighted by atomic mass is 16.7.